The standard InChI is InChI=1S/C17H20FN5O3/c1-9(10-3-5-11(18)6-4-10)21-17(25)23-14-7-12(19)15(16(20)26-2)13(8-24)22-14/h3-7,9,20,24H,8H2,1-2H3,(H4,19,21,22,23,25). The highest BCUT2D eigenvalue weighted by molar-refractivity contribution is 5.99. The van der Waals surface area contributed by atoms with Crippen LogP contribution in [0.2, 0.25) is 0 Å². The lowest BCUT2D eigenvalue weighted by Gasteiger charge is -2.16. The molecule has 8 nitrogen and oxygen atoms in total. The van der Waals surface area contributed by atoms with Crippen molar-refractivity contribution < 1.29 is 19.0 Å². The third kappa shape index (κ3) is 4.45. The lowest BCUT2D eigenvalue weighted by molar-refractivity contribution is 0.249. The maximum atomic E-state index is 13.0. The number of carbonyl (C=O) groups excluding carboxylic acids is 1. The van der Waals surface area contributed by atoms with Crippen LogP contribution in [0.25, 0.3) is 0 Å². The van der Waals surface area contributed by atoms with E-state index in [2.05, 4.69) is 15.6 Å². The number of anilines is 2. The van der Waals surface area contributed by atoms with E-state index in [0.29, 0.717) is 0 Å². The Bertz CT molecular complexity index is 811. The van der Waals surface area contributed by atoms with E-state index in [1.165, 1.54) is 25.3 Å². The van der Waals surface area contributed by atoms with Gasteiger partial charge in [-0.05, 0) is 24.6 Å². The van der Waals surface area contributed by atoms with Gasteiger partial charge in [-0.25, -0.2) is 14.2 Å². The Hall–Kier alpha value is -3.20. The summed E-state index contributed by atoms with van der Waals surface area (Å²) in [6, 6.07) is 6.22. The SMILES string of the molecule is COC(=N)c1c(N)cc(NC(=O)NC(C)c2ccc(F)cc2)nc1CO. The summed E-state index contributed by atoms with van der Waals surface area (Å²) in [4.78, 5) is 16.2. The van der Waals surface area contributed by atoms with Gasteiger partial charge in [0.25, 0.3) is 0 Å². The summed E-state index contributed by atoms with van der Waals surface area (Å²) in [6.07, 6.45) is 0. The number of hydrogen-bond donors (Lipinski definition) is 5. The van der Waals surface area contributed by atoms with Crippen LogP contribution in [-0.4, -0.2) is 29.1 Å². The fraction of sp³-hybridized carbons (Fsp3) is 0.235. The molecule has 0 bridgehead atoms. The highest BCUT2D eigenvalue weighted by Crippen LogP contribution is 2.21. The van der Waals surface area contributed by atoms with Crippen LogP contribution in [0.4, 0.5) is 20.7 Å². The van der Waals surface area contributed by atoms with Crippen LogP contribution in [0.1, 0.15) is 29.8 Å². The number of amides is 2. The number of aromatic nitrogens is 1. The molecule has 1 unspecified atom stereocenters. The van der Waals surface area contributed by atoms with Gasteiger partial charge in [0.2, 0.25) is 5.90 Å². The number of nitrogen functional groups attached to an aromatic ring is 1. The lowest BCUT2D eigenvalue weighted by atomic mass is 10.1. The average molecular weight is 361 g/mol. The van der Waals surface area contributed by atoms with E-state index in [1.807, 2.05) is 0 Å². The predicted octanol–water partition coefficient (Wildman–Crippen LogP) is 2.15. The molecule has 0 saturated carbocycles. The second-order valence-corrected chi connectivity index (χ2v) is 5.48. The Labute approximate surface area is 149 Å². The molecule has 1 heterocycles. The highest BCUT2D eigenvalue weighted by Gasteiger charge is 2.17. The number of nitrogens with zero attached hydrogens (tertiary/aromatic N) is 1. The van der Waals surface area contributed by atoms with E-state index in [0.717, 1.165) is 5.56 Å². The minimum absolute atomic E-state index is 0.110. The number of nitrogens with two attached hydrogens (primary N) is 1. The number of hydrogen-bond acceptors (Lipinski definition) is 6. The van der Waals surface area contributed by atoms with E-state index in [1.54, 1.807) is 19.1 Å². The molecule has 1 aromatic carbocycles. The molecule has 0 radical (unpaired) electrons. The van der Waals surface area contributed by atoms with Crippen molar-refractivity contribution in [3.05, 3.63) is 53.0 Å². The van der Waals surface area contributed by atoms with Crippen molar-refractivity contribution in [2.75, 3.05) is 18.2 Å². The first-order valence-electron chi connectivity index (χ1n) is 7.71. The van der Waals surface area contributed by atoms with Gasteiger partial charge in [-0.3, -0.25) is 10.7 Å². The Morgan fingerprint density at radius 2 is 2.08 bits per heavy atom. The number of aliphatic hydroxyl groups excluding tert-OH is 1. The highest BCUT2D eigenvalue weighted by atomic mass is 19.1. The number of aliphatic hydroxyl groups is 1. The number of nitrogens with one attached hydrogen (secondary N) is 3. The zero-order valence-corrected chi connectivity index (χ0v) is 14.3. The molecular weight excluding hydrogens is 341 g/mol. The molecule has 0 aliphatic carbocycles. The van der Waals surface area contributed by atoms with Crippen molar-refractivity contribution in [3.63, 3.8) is 0 Å². The lowest BCUT2D eigenvalue weighted by Crippen LogP contribution is -2.31. The number of halogens is 1. The molecule has 1 aromatic heterocycles. The van der Waals surface area contributed by atoms with Crippen molar-refractivity contribution in [3.8, 4) is 0 Å². The van der Waals surface area contributed by atoms with Gasteiger partial charge in [0.1, 0.15) is 11.6 Å². The quantitative estimate of drug-likeness (QED) is 0.411. The minimum Gasteiger partial charge on any atom is -0.481 e. The molecule has 26 heavy (non-hydrogen) atoms. The molecule has 138 valence electrons. The van der Waals surface area contributed by atoms with E-state index in [4.69, 9.17) is 15.9 Å². The summed E-state index contributed by atoms with van der Waals surface area (Å²) in [7, 11) is 1.30. The molecular formula is C17H20FN5O3. The molecule has 9 heteroatoms. The maximum Gasteiger partial charge on any atom is 0.320 e. The first-order chi connectivity index (χ1) is 12.3. The van der Waals surface area contributed by atoms with Crippen LogP contribution in [0.3, 0.4) is 0 Å². The van der Waals surface area contributed by atoms with Crippen LogP contribution >= 0.6 is 0 Å². The number of carbonyl (C=O) groups is 1. The molecule has 0 fully saturated rings. The van der Waals surface area contributed by atoms with Crippen LogP contribution in [0.5, 0.6) is 0 Å². The molecule has 0 spiro atoms. The van der Waals surface area contributed by atoms with Crippen molar-refractivity contribution >= 4 is 23.4 Å². The number of methoxy groups -OCH3 is 1. The van der Waals surface area contributed by atoms with Gasteiger partial charge in [-0.2, -0.15) is 0 Å². The van der Waals surface area contributed by atoms with Crippen LogP contribution in [0.15, 0.2) is 30.3 Å². The fourth-order valence-electron chi connectivity index (χ4n) is 2.35. The van der Waals surface area contributed by atoms with E-state index < -0.39 is 12.6 Å². The average Bonchev–Trinajstić information content (AvgIpc) is 2.60. The summed E-state index contributed by atoms with van der Waals surface area (Å²) in [6.45, 7) is 1.27. The normalized spacial score (nSPS) is 11.5. The Morgan fingerprint density at radius 1 is 1.42 bits per heavy atom. The summed E-state index contributed by atoms with van der Waals surface area (Å²) < 4.78 is 17.8. The molecule has 0 saturated heterocycles. The number of urea groups is 1. The molecule has 0 aliphatic heterocycles. The molecule has 1 atom stereocenters. The van der Waals surface area contributed by atoms with Crippen LogP contribution < -0.4 is 16.4 Å². The Morgan fingerprint density at radius 3 is 2.65 bits per heavy atom. The smallest absolute Gasteiger partial charge is 0.320 e. The van der Waals surface area contributed by atoms with Crippen LogP contribution in [0, 0.1) is 11.2 Å². The van der Waals surface area contributed by atoms with Gasteiger partial charge in [-0.1, -0.05) is 12.1 Å². The molecule has 6 N–H and O–H groups in total. The van der Waals surface area contributed by atoms with Gasteiger partial charge in [0, 0.05) is 11.8 Å². The van der Waals surface area contributed by atoms with Gasteiger partial charge in [-0.15, -0.1) is 0 Å². The summed E-state index contributed by atoms with van der Waals surface area (Å²) in [5.41, 5.74) is 7.02. The third-order valence-corrected chi connectivity index (χ3v) is 3.67. The van der Waals surface area contributed by atoms with Crippen molar-refractivity contribution in [1.29, 1.82) is 5.41 Å². The third-order valence-electron chi connectivity index (χ3n) is 3.67. The predicted molar refractivity (Wildman–Crippen MR) is 95.4 cm³/mol. The van der Waals surface area contributed by atoms with Gasteiger partial charge in [0.05, 0.1) is 31.0 Å². The fourth-order valence-corrected chi connectivity index (χ4v) is 2.35. The largest absolute Gasteiger partial charge is 0.481 e. The van der Waals surface area contributed by atoms with E-state index in [9.17, 15) is 14.3 Å². The number of benzene rings is 1. The van der Waals surface area contributed by atoms with Crippen molar-refractivity contribution in [2.24, 2.45) is 0 Å². The zero-order chi connectivity index (χ0) is 19.3. The van der Waals surface area contributed by atoms with E-state index in [-0.39, 0.29) is 40.5 Å². The van der Waals surface area contributed by atoms with Gasteiger partial charge in [0.15, 0.2) is 0 Å². The second kappa shape index (κ2) is 8.26. The molecule has 2 aromatic rings. The first kappa shape index (κ1) is 19.1. The summed E-state index contributed by atoms with van der Waals surface area (Å²) >= 11 is 0. The number of rotatable bonds is 5. The molecule has 2 amide bonds. The number of ether oxygens (including phenoxy) is 1. The maximum absolute atomic E-state index is 13.0. The van der Waals surface area contributed by atoms with Crippen molar-refractivity contribution in [1.82, 2.24) is 10.3 Å². The topological polar surface area (TPSA) is 133 Å². The van der Waals surface area contributed by atoms with Gasteiger partial charge >= 0.3 is 6.03 Å². The summed E-state index contributed by atoms with van der Waals surface area (Å²) in [5.74, 6) is -0.480. The second-order valence-electron chi connectivity index (χ2n) is 5.48. The van der Waals surface area contributed by atoms with Crippen molar-refractivity contribution in [2.45, 2.75) is 19.6 Å². The molecule has 0 aliphatic rings. The van der Waals surface area contributed by atoms with Crippen LogP contribution in [-0.2, 0) is 11.3 Å². The Kier molecular flexibility index (Phi) is 6.07. The van der Waals surface area contributed by atoms with Gasteiger partial charge < -0.3 is 20.9 Å². The summed E-state index contributed by atoms with van der Waals surface area (Å²) in [5, 5.41) is 22.3. The van der Waals surface area contributed by atoms with E-state index >= 15 is 0 Å². The Balaban J connectivity index is 2.12. The monoisotopic (exact) mass is 361 g/mol. The minimum atomic E-state index is -0.549. The molecule has 2 rings (SSSR count). The first-order valence-corrected chi connectivity index (χ1v) is 7.71. The zero-order valence-electron chi connectivity index (χ0n) is 14.3. The number of pyridine rings is 1.